The van der Waals surface area contributed by atoms with Crippen molar-refractivity contribution in [1.29, 1.82) is 0 Å². The number of amides is 1. The third kappa shape index (κ3) is 1.96. The number of carbonyl (C=O) groups is 1. The number of pyridine rings is 1. The summed E-state index contributed by atoms with van der Waals surface area (Å²) in [6, 6.07) is 1.75. The molecule has 0 saturated heterocycles. The van der Waals surface area contributed by atoms with Crippen molar-refractivity contribution in [3.63, 3.8) is 0 Å². The van der Waals surface area contributed by atoms with E-state index in [1.807, 2.05) is 12.3 Å². The predicted octanol–water partition coefficient (Wildman–Crippen LogP) is 2.57. The fourth-order valence-corrected chi connectivity index (χ4v) is 2.64. The Hall–Kier alpha value is -2.28. The zero-order valence-electron chi connectivity index (χ0n) is 11.2. The number of fused-ring (bicyclic) bond motifs is 1. The molecule has 0 unspecified atom stereocenters. The van der Waals surface area contributed by atoms with Crippen LogP contribution in [0.5, 0.6) is 0 Å². The second-order valence-corrected chi connectivity index (χ2v) is 5.31. The molecule has 102 valence electrons. The van der Waals surface area contributed by atoms with Crippen LogP contribution in [0, 0.1) is 13.8 Å². The second kappa shape index (κ2) is 4.68. The first kappa shape index (κ1) is 12.7. The molecule has 0 aromatic carbocycles. The third-order valence-corrected chi connectivity index (χ3v) is 3.83. The highest BCUT2D eigenvalue weighted by Crippen LogP contribution is 2.25. The van der Waals surface area contributed by atoms with Gasteiger partial charge in [0.15, 0.2) is 5.13 Å². The van der Waals surface area contributed by atoms with E-state index in [2.05, 4.69) is 15.1 Å². The van der Waals surface area contributed by atoms with Crippen LogP contribution in [-0.2, 0) is 0 Å². The largest absolute Gasteiger partial charge is 0.336 e. The van der Waals surface area contributed by atoms with Gasteiger partial charge in [-0.25, -0.2) is 9.97 Å². The van der Waals surface area contributed by atoms with Crippen LogP contribution in [0.3, 0.4) is 0 Å². The van der Waals surface area contributed by atoms with Gasteiger partial charge in [0.1, 0.15) is 0 Å². The highest BCUT2D eigenvalue weighted by Gasteiger charge is 2.22. The summed E-state index contributed by atoms with van der Waals surface area (Å²) in [5.41, 5.74) is 2.29. The molecular formula is C13H12N4O2S. The van der Waals surface area contributed by atoms with E-state index in [4.69, 9.17) is 4.52 Å². The van der Waals surface area contributed by atoms with Crippen LogP contribution < -0.4 is 4.90 Å². The molecule has 0 fully saturated rings. The van der Waals surface area contributed by atoms with Gasteiger partial charge in [-0.3, -0.25) is 9.69 Å². The first-order chi connectivity index (χ1) is 9.58. The monoisotopic (exact) mass is 288 g/mol. The molecule has 3 aromatic heterocycles. The highest BCUT2D eigenvalue weighted by molar-refractivity contribution is 7.13. The number of anilines is 1. The molecule has 3 aromatic rings. The second-order valence-electron chi connectivity index (χ2n) is 4.44. The highest BCUT2D eigenvalue weighted by atomic mass is 32.1. The number of carbonyl (C=O) groups excluding carboxylic acids is 1. The number of aryl methyl sites for hydroxylation is 2. The van der Waals surface area contributed by atoms with Crippen LogP contribution >= 0.6 is 11.3 Å². The Morgan fingerprint density at radius 1 is 1.40 bits per heavy atom. The Bertz CT molecular complexity index is 779. The lowest BCUT2D eigenvalue weighted by Crippen LogP contribution is -2.26. The van der Waals surface area contributed by atoms with E-state index >= 15 is 0 Å². The minimum absolute atomic E-state index is 0.151. The molecule has 0 atom stereocenters. The number of nitrogens with zero attached hydrogens (tertiary/aromatic N) is 4. The molecule has 0 spiro atoms. The maximum atomic E-state index is 12.7. The van der Waals surface area contributed by atoms with Gasteiger partial charge in [-0.2, -0.15) is 0 Å². The molecule has 0 aliphatic carbocycles. The van der Waals surface area contributed by atoms with E-state index in [0.29, 0.717) is 33.2 Å². The lowest BCUT2D eigenvalue weighted by Gasteiger charge is -2.14. The Balaban J connectivity index is 2.14. The molecule has 0 aliphatic rings. The van der Waals surface area contributed by atoms with Crippen LogP contribution in [0.2, 0.25) is 0 Å². The van der Waals surface area contributed by atoms with Gasteiger partial charge in [-0.1, -0.05) is 5.16 Å². The molecular weight excluding hydrogens is 276 g/mol. The fraction of sp³-hybridized carbons (Fsp3) is 0.231. The van der Waals surface area contributed by atoms with Gasteiger partial charge in [-0.05, 0) is 19.9 Å². The number of hydrogen-bond acceptors (Lipinski definition) is 6. The van der Waals surface area contributed by atoms with Crippen molar-refractivity contribution < 1.29 is 9.32 Å². The van der Waals surface area contributed by atoms with E-state index in [9.17, 15) is 4.79 Å². The van der Waals surface area contributed by atoms with Gasteiger partial charge in [0, 0.05) is 24.3 Å². The molecule has 0 N–H and O–H groups in total. The average Bonchev–Trinajstić information content (AvgIpc) is 3.06. The minimum atomic E-state index is -0.151. The van der Waals surface area contributed by atoms with Crippen molar-refractivity contribution in [3.8, 4) is 0 Å². The van der Waals surface area contributed by atoms with Crippen LogP contribution in [-0.4, -0.2) is 28.1 Å². The molecule has 20 heavy (non-hydrogen) atoms. The van der Waals surface area contributed by atoms with E-state index in [0.717, 1.165) is 0 Å². The molecule has 3 heterocycles. The maximum Gasteiger partial charge on any atom is 0.260 e. The summed E-state index contributed by atoms with van der Waals surface area (Å²) in [4.78, 5) is 22.6. The lowest BCUT2D eigenvalue weighted by atomic mass is 10.1. The standard InChI is InChI=1S/C13H12N4O2S/c1-7-6-9(10-8(2)16-19-11(10)15-7)12(18)17(3)13-14-4-5-20-13/h4-6H,1-3H3. The number of thiazole rings is 1. The zero-order chi connectivity index (χ0) is 14.3. The van der Waals surface area contributed by atoms with Crippen LogP contribution in [0.15, 0.2) is 22.2 Å². The van der Waals surface area contributed by atoms with Crippen molar-refractivity contribution in [2.75, 3.05) is 11.9 Å². The maximum absolute atomic E-state index is 12.7. The molecule has 0 bridgehead atoms. The Kier molecular flexibility index (Phi) is 2.98. The summed E-state index contributed by atoms with van der Waals surface area (Å²) in [5, 5.41) is 7.01. The van der Waals surface area contributed by atoms with Gasteiger partial charge in [0.05, 0.1) is 16.6 Å². The van der Waals surface area contributed by atoms with E-state index < -0.39 is 0 Å². The molecule has 0 saturated carbocycles. The molecule has 0 radical (unpaired) electrons. The summed E-state index contributed by atoms with van der Waals surface area (Å²) in [5.74, 6) is -0.151. The van der Waals surface area contributed by atoms with Gasteiger partial charge < -0.3 is 4.52 Å². The molecule has 1 amide bonds. The van der Waals surface area contributed by atoms with Crippen molar-refractivity contribution >= 4 is 33.5 Å². The van der Waals surface area contributed by atoms with Crippen molar-refractivity contribution in [1.82, 2.24) is 15.1 Å². The summed E-state index contributed by atoms with van der Waals surface area (Å²) in [6.45, 7) is 3.61. The van der Waals surface area contributed by atoms with Gasteiger partial charge in [-0.15, -0.1) is 11.3 Å². The molecule has 6 nitrogen and oxygen atoms in total. The predicted molar refractivity (Wildman–Crippen MR) is 76.1 cm³/mol. The summed E-state index contributed by atoms with van der Waals surface area (Å²) in [7, 11) is 1.70. The summed E-state index contributed by atoms with van der Waals surface area (Å²) < 4.78 is 5.15. The van der Waals surface area contributed by atoms with Crippen LogP contribution in [0.25, 0.3) is 11.1 Å². The summed E-state index contributed by atoms with van der Waals surface area (Å²) >= 11 is 1.41. The van der Waals surface area contributed by atoms with Crippen LogP contribution in [0.1, 0.15) is 21.7 Å². The molecule has 3 rings (SSSR count). The SMILES string of the molecule is Cc1cc(C(=O)N(C)c2nccs2)c2c(C)noc2n1. The number of hydrogen-bond donors (Lipinski definition) is 0. The number of aromatic nitrogens is 3. The summed E-state index contributed by atoms with van der Waals surface area (Å²) in [6.07, 6.45) is 1.67. The van der Waals surface area contributed by atoms with Gasteiger partial charge in [0.25, 0.3) is 11.6 Å². The van der Waals surface area contributed by atoms with Gasteiger partial charge >= 0.3 is 0 Å². The topological polar surface area (TPSA) is 72.1 Å². The first-order valence-electron chi connectivity index (χ1n) is 5.99. The Morgan fingerprint density at radius 2 is 2.20 bits per heavy atom. The lowest BCUT2D eigenvalue weighted by molar-refractivity contribution is 0.0994. The van der Waals surface area contributed by atoms with E-state index in [1.165, 1.54) is 16.2 Å². The van der Waals surface area contributed by atoms with Crippen molar-refractivity contribution in [2.45, 2.75) is 13.8 Å². The average molecular weight is 288 g/mol. The normalized spacial score (nSPS) is 10.9. The number of rotatable bonds is 2. The Morgan fingerprint density at radius 3 is 2.90 bits per heavy atom. The zero-order valence-corrected chi connectivity index (χ0v) is 12.1. The Labute approximate surface area is 119 Å². The van der Waals surface area contributed by atoms with Crippen LogP contribution in [0.4, 0.5) is 5.13 Å². The minimum Gasteiger partial charge on any atom is -0.336 e. The molecule has 0 aliphatic heterocycles. The third-order valence-electron chi connectivity index (χ3n) is 2.99. The van der Waals surface area contributed by atoms with E-state index in [-0.39, 0.29) is 5.91 Å². The molecule has 7 heteroatoms. The van der Waals surface area contributed by atoms with Crippen molar-refractivity contribution in [2.24, 2.45) is 0 Å². The quantitative estimate of drug-likeness (QED) is 0.724. The van der Waals surface area contributed by atoms with E-state index in [1.54, 1.807) is 26.2 Å². The van der Waals surface area contributed by atoms with Crippen molar-refractivity contribution in [3.05, 3.63) is 34.6 Å². The fourth-order valence-electron chi connectivity index (χ4n) is 2.04. The smallest absolute Gasteiger partial charge is 0.260 e. The van der Waals surface area contributed by atoms with Gasteiger partial charge in [0.2, 0.25) is 0 Å². The first-order valence-corrected chi connectivity index (χ1v) is 6.87.